The summed E-state index contributed by atoms with van der Waals surface area (Å²) >= 11 is 0. The summed E-state index contributed by atoms with van der Waals surface area (Å²) in [5, 5.41) is 7.11. The maximum Gasteiger partial charge on any atom is 0.419 e. The number of anilines is 1. The second kappa shape index (κ2) is 11.8. The summed E-state index contributed by atoms with van der Waals surface area (Å²) in [6, 6.07) is 19.5. The third-order valence-corrected chi connectivity index (χ3v) is 7.27. The average molecular weight is 605 g/mol. The first-order chi connectivity index (χ1) is 21.2. The number of nitrogens with one attached hydrogen (secondary N) is 1. The third kappa shape index (κ3) is 6.13. The molecule has 1 aliphatic heterocycles. The highest BCUT2D eigenvalue weighted by atomic mass is 19.4. The lowest BCUT2D eigenvalue weighted by Crippen LogP contribution is -2.54. The zero-order valence-electron chi connectivity index (χ0n) is 23.3. The van der Waals surface area contributed by atoms with Crippen LogP contribution in [-0.4, -0.2) is 52.0 Å². The number of aromatic nitrogens is 4. The Kier molecular flexibility index (Phi) is 7.78. The topological polar surface area (TPSA) is 126 Å². The van der Waals surface area contributed by atoms with E-state index in [1.165, 1.54) is 16.9 Å². The molecule has 44 heavy (non-hydrogen) atoms. The standard InChI is InChI=1S/C31H27F3N6O4/c32-31(33,34)25-12-22(13-36-27(25)35)26-14-37-28-24(10-11-39-40(26)28)21-6-8-23(9-7-21)44-19-30(17-42-18-30)16-38-29(41)43-15-20-4-2-1-3-5-20/h1-14H,15-19H2,(H2,35,36)(H,38,41). The molecule has 0 atom stereocenters. The molecule has 3 aromatic heterocycles. The van der Waals surface area contributed by atoms with Gasteiger partial charge in [0.25, 0.3) is 0 Å². The van der Waals surface area contributed by atoms with E-state index >= 15 is 0 Å². The Morgan fingerprint density at radius 2 is 1.80 bits per heavy atom. The van der Waals surface area contributed by atoms with Gasteiger partial charge in [0.05, 0.1) is 42.7 Å². The van der Waals surface area contributed by atoms with Crippen molar-refractivity contribution in [3.8, 4) is 28.1 Å². The summed E-state index contributed by atoms with van der Waals surface area (Å²) in [6.45, 7) is 1.72. The number of rotatable bonds is 9. The highest BCUT2D eigenvalue weighted by molar-refractivity contribution is 5.79. The fourth-order valence-corrected chi connectivity index (χ4v) is 4.79. The minimum Gasteiger partial charge on any atom is -0.493 e. The van der Waals surface area contributed by atoms with Crippen LogP contribution in [0.3, 0.4) is 0 Å². The van der Waals surface area contributed by atoms with Gasteiger partial charge in [-0.15, -0.1) is 0 Å². The van der Waals surface area contributed by atoms with Crippen molar-refractivity contribution in [2.75, 3.05) is 32.1 Å². The number of carbonyl (C=O) groups is 1. The zero-order chi connectivity index (χ0) is 30.7. The van der Waals surface area contributed by atoms with Crippen molar-refractivity contribution in [2.24, 2.45) is 5.41 Å². The monoisotopic (exact) mass is 604 g/mol. The van der Waals surface area contributed by atoms with Crippen LogP contribution < -0.4 is 15.8 Å². The summed E-state index contributed by atoms with van der Waals surface area (Å²) in [5.74, 6) is 0.0211. The Bertz CT molecular complexity index is 1770. The van der Waals surface area contributed by atoms with Gasteiger partial charge >= 0.3 is 12.3 Å². The van der Waals surface area contributed by atoms with Crippen LogP contribution in [0.1, 0.15) is 11.1 Å². The van der Waals surface area contributed by atoms with Gasteiger partial charge in [-0.3, -0.25) is 0 Å². The Hall–Kier alpha value is -5.17. The molecule has 1 amide bonds. The van der Waals surface area contributed by atoms with Crippen molar-refractivity contribution in [3.05, 3.63) is 96.4 Å². The van der Waals surface area contributed by atoms with Crippen molar-refractivity contribution in [1.82, 2.24) is 24.9 Å². The van der Waals surface area contributed by atoms with E-state index in [1.54, 1.807) is 12.3 Å². The summed E-state index contributed by atoms with van der Waals surface area (Å²) in [4.78, 5) is 20.4. The predicted molar refractivity (Wildman–Crippen MR) is 154 cm³/mol. The first-order valence-electron chi connectivity index (χ1n) is 13.6. The molecule has 0 spiro atoms. The van der Waals surface area contributed by atoms with Crippen molar-refractivity contribution in [3.63, 3.8) is 0 Å². The van der Waals surface area contributed by atoms with E-state index < -0.39 is 23.7 Å². The number of ether oxygens (including phenoxy) is 3. The SMILES string of the molecule is Nc1ncc(-c2cnc3c(-c4ccc(OCC5(CNC(=O)OCc6ccccc6)COC5)cc4)ccnn23)cc1C(F)(F)F. The molecule has 2 aromatic carbocycles. The second-order valence-electron chi connectivity index (χ2n) is 10.5. The Balaban J connectivity index is 1.11. The van der Waals surface area contributed by atoms with Gasteiger partial charge < -0.3 is 25.3 Å². The molecule has 226 valence electrons. The molecule has 6 rings (SSSR count). The highest BCUT2D eigenvalue weighted by Gasteiger charge is 2.40. The average Bonchev–Trinajstić information content (AvgIpc) is 3.44. The molecule has 0 aliphatic carbocycles. The molecule has 0 saturated carbocycles. The van der Waals surface area contributed by atoms with Crippen LogP contribution in [-0.2, 0) is 22.3 Å². The predicted octanol–water partition coefficient (Wildman–Crippen LogP) is 5.38. The van der Waals surface area contributed by atoms with Gasteiger partial charge in [0.2, 0.25) is 0 Å². The number of nitrogens with two attached hydrogens (primary N) is 1. The maximum absolute atomic E-state index is 13.4. The molecule has 0 bridgehead atoms. The van der Waals surface area contributed by atoms with E-state index in [9.17, 15) is 18.0 Å². The maximum atomic E-state index is 13.4. The van der Waals surface area contributed by atoms with Gasteiger partial charge in [0, 0.05) is 30.1 Å². The van der Waals surface area contributed by atoms with Crippen LogP contribution in [0.4, 0.5) is 23.8 Å². The van der Waals surface area contributed by atoms with E-state index in [-0.39, 0.29) is 17.6 Å². The van der Waals surface area contributed by atoms with Gasteiger partial charge in [-0.25, -0.2) is 19.3 Å². The quantitative estimate of drug-likeness (QED) is 0.230. The second-order valence-corrected chi connectivity index (χ2v) is 10.5. The lowest BCUT2D eigenvalue weighted by molar-refractivity contribution is -0.137. The fourth-order valence-electron chi connectivity index (χ4n) is 4.79. The van der Waals surface area contributed by atoms with Crippen LogP contribution in [0.2, 0.25) is 0 Å². The largest absolute Gasteiger partial charge is 0.493 e. The first-order valence-corrected chi connectivity index (χ1v) is 13.6. The number of hydrogen-bond donors (Lipinski definition) is 2. The molecular formula is C31H27F3N6O4. The number of nitrogens with zero attached hydrogens (tertiary/aromatic N) is 4. The first kappa shape index (κ1) is 28.9. The summed E-state index contributed by atoms with van der Waals surface area (Å²) in [6.07, 6.45) is -0.902. The van der Waals surface area contributed by atoms with E-state index in [0.717, 1.165) is 22.8 Å². The minimum atomic E-state index is -4.65. The number of hydrogen-bond acceptors (Lipinski definition) is 8. The molecule has 10 nitrogen and oxygen atoms in total. The van der Waals surface area contributed by atoms with Gasteiger partial charge in [-0.1, -0.05) is 42.5 Å². The smallest absolute Gasteiger partial charge is 0.419 e. The summed E-state index contributed by atoms with van der Waals surface area (Å²) in [5.41, 5.74) is 7.46. The van der Waals surface area contributed by atoms with Crippen LogP contribution in [0.5, 0.6) is 5.75 Å². The molecule has 4 heterocycles. The lowest BCUT2D eigenvalue weighted by Gasteiger charge is -2.40. The normalized spacial score (nSPS) is 14.2. The van der Waals surface area contributed by atoms with Gasteiger partial charge in [-0.2, -0.15) is 18.3 Å². The van der Waals surface area contributed by atoms with E-state index in [1.807, 2.05) is 54.6 Å². The van der Waals surface area contributed by atoms with Crippen molar-refractivity contribution >= 4 is 17.6 Å². The number of nitrogen functional groups attached to an aromatic ring is 1. The molecular weight excluding hydrogens is 577 g/mol. The van der Waals surface area contributed by atoms with Crippen LogP contribution in [0.15, 0.2) is 85.3 Å². The number of alkyl halides is 3. The lowest BCUT2D eigenvalue weighted by atomic mass is 9.87. The fraction of sp³-hybridized carbons (Fsp3) is 0.226. The molecule has 3 N–H and O–H groups in total. The molecule has 13 heteroatoms. The number of alkyl carbamates (subject to hydrolysis) is 1. The van der Waals surface area contributed by atoms with Crippen LogP contribution >= 0.6 is 0 Å². The number of pyridine rings is 1. The van der Waals surface area contributed by atoms with Gasteiger partial charge in [0.1, 0.15) is 18.2 Å². The number of fused-ring (bicyclic) bond motifs is 1. The summed E-state index contributed by atoms with van der Waals surface area (Å²) in [7, 11) is 0. The number of imidazole rings is 1. The Morgan fingerprint density at radius 3 is 2.50 bits per heavy atom. The van der Waals surface area contributed by atoms with Gasteiger partial charge in [0.15, 0.2) is 5.65 Å². The van der Waals surface area contributed by atoms with Crippen LogP contribution in [0, 0.1) is 5.41 Å². The molecule has 1 aliphatic rings. The van der Waals surface area contributed by atoms with Crippen molar-refractivity contribution < 1.29 is 32.2 Å². The van der Waals surface area contributed by atoms with Crippen LogP contribution in [0.25, 0.3) is 28.0 Å². The molecule has 1 saturated heterocycles. The van der Waals surface area contributed by atoms with E-state index in [2.05, 4.69) is 20.4 Å². The minimum absolute atomic E-state index is 0.181. The zero-order valence-corrected chi connectivity index (χ0v) is 23.3. The Labute approximate surface area is 249 Å². The van der Waals surface area contributed by atoms with E-state index in [4.69, 9.17) is 19.9 Å². The molecule has 0 radical (unpaired) electrons. The number of halogens is 3. The third-order valence-electron chi connectivity index (χ3n) is 7.27. The molecule has 1 fully saturated rings. The highest BCUT2D eigenvalue weighted by Crippen LogP contribution is 2.36. The molecule has 5 aromatic rings. The Morgan fingerprint density at radius 1 is 1.02 bits per heavy atom. The van der Waals surface area contributed by atoms with Gasteiger partial charge in [-0.05, 0) is 35.4 Å². The van der Waals surface area contributed by atoms with Crippen molar-refractivity contribution in [1.29, 1.82) is 0 Å². The number of carbonyl (C=O) groups excluding carboxylic acids is 1. The van der Waals surface area contributed by atoms with Crippen molar-refractivity contribution in [2.45, 2.75) is 12.8 Å². The van der Waals surface area contributed by atoms with E-state index in [0.29, 0.717) is 43.5 Å². The number of amides is 1. The summed E-state index contributed by atoms with van der Waals surface area (Å²) < 4.78 is 58.4. The molecule has 0 unspecified atom stereocenters. The number of benzene rings is 2.